The van der Waals surface area contributed by atoms with Crippen molar-refractivity contribution >= 4 is 5.91 Å². The lowest BCUT2D eigenvalue weighted by molar-refractivity contribution is -0.126. The third-order valence-corrected chi connectivity index (χ3v) is 5.28. The van der Waals surface area contributed by atoms with Crippen LogP contribution in [-0.4, -0.2) is 39.9 Å². The van der Waals surface area contributed by atoms with E-state index in [2.05, 4.69) is 5.32 Å². The number of carbonyl (C=O) groups is 1. The second-order valence-corrected chi connectivity index (χ2v) is 7.29. The zero-order valence-corrected chi connectivity index (χ0v) is 17.5. The van der Waals surface area contributed by atoms with Crippen LogP contribution >= 0.6 is 0 Å². The molecule has 0 fully saturated rings. The molecule has 29 heavy (non-hydrogen) atoms. The highest BCUT2D eigenvalue weighted by Crippen LogP contribution is 2.36. The molecule has 0 saturated heterocycles. The maximum absolute atomic E-state index is 12.7. The van der Waals surface area contributed by atoms with E-state index in [1.807, 2.05) is 43.3 Å². The fraction of sp³-hybridized carbons (Fsp3) is 0.435. The van der Waals surface area contributed by atoms with Crippen LogP contribution in [0, 0.1) is 5.92 Å². The van der Waals surface area contributed by atoms with Crippen LogP contribution in [0.5, 0.6) is 23.0 Å². The van der Waals surface area contributed by atoms with Crippen molar-refractivity contribution < 1.29 is 23.7 Å². The van der Waals surface area contributed by atoms with Crippen molar-refractivity contribution in [3.8, 4) is 23.0 Å². The van der Waals surface area contributed by atoms with E-state index in [4.69, 9.17) is 18.9 Å². The number of hydrogen-bond acceptors (Lipinski definition) is 5. The van der Waals surface area contributed by atoms with Gasteiger partial charge in [0.25, 0.3) is 0 Å². The molecule has 6 nitrogen and oxygen atoms in total. The number of hydrogen-bond donors (Lipinski definition) is 1. The molecule has 2 aromatic carbocycles. The summed E-state index contributed by atoms with van der Waals surface area (Å²) in [6.45, 7) is 2.38. The molecule has 0 aliphatic carbocycles. The molecular formula is C23H29NO5. The topological polar surface area (TPSA) is 66.0 Å². The smallest absolute Gasteiger partial charge is 0.227 e. The zero-order chi connectivity index (χ0) is 20.8. The largest absolute Gasteiger partial charge is 0.497 e. The SMILES string of the molecule is COc1ccc(CCC(C)NC(=O)C2COc3c(cccc3OC)C2)c(OC)c1. The second kappa shape index (κ2) is 9.54. The normalized spacial score (nSPS) is 16.2. The second-order valence-electron chi connectivity index (χ2n) is 7.29. The lowest BCUT2D eigenvalue weighted by Gasteiger charge is -2.27. The molecule has 1 aliphatic heterocycles. The quantitative estimate of drug-likeness (QED) is 0.737. The van der Waals surface area contributed by atoms with Crippen LogP contribution in [-0.2, 0) is 17.6 Å². The molecule has 2 aromatic rings. The van der Waals surface area contributed by atoms with Gasteiger partial charge in [-0.3, -0.25) is 4.79 Å². The number of amides is 1. The number of rotatable bonds is 8. The molecule has 2 unspecified atom stereocenters. The molecule has 0 spiro atoms. The molecule has 0 bridgehead atoms. The molecule has 0 aromatic heterocycles. The molecule has 2 atom stereocenters. The minimum atomic E-state index is -0.201. The maximum Gasteiger partial charge on any atom is 0.227 e. The first-order valence-corrected chi connectivity index (χ1v) is 9.85. The molecule has 3 rings (SSSR count). The summed E-state index contributed by atoms with van der Waals surface area (Å²) in [5, 5.41) is 3.12. The van der Waals surface area contributed by atoms with E-state index in [-0.39, 0.29) is 17.9 Å². The van der Waals surface area contributed by atoms with Crippen LogP contribution < -0.4 is 24.3 Å². The van der Waals surface area contributed by atoms with Gasteiger partial charge < -0.3 is 24.3 Å². The van der Waals surface area contributed by atoms with Crippen molar-refractivity contribution in [2.75, 3.05) is 27.9 Å². The number of fused-ring (bicyclic) bond motifs is 1. The molecular weight excluding hydrogens is 370 g/mol. The average Bonchev–Trinajstić information content (AvgIpc) is 2.76. The summed E-state index contributed by atoms with van der Waals surface area (Å²) < 4.78 is 21.9. The Morgan fingerprint density at radius 1 is 1.14 bits per heavy atom. The summed E-state index contributed by atoms with van der Waals surface area (Å²) in [4.78, 5) is 12.7. The predicted molar refractivity (Wildman–Crippen MR) is 111 cm³/mol. The maximum atomic E-state index is 12.7. The van der Waals surface area contributed by atoms with Crippen LogP contribution in [0.2, 0.25) is 0 Å². The Hall–Kier alpha value is -2.89. The summed E-state index contributed by atoms with van der Waals surface area (Å²) in [5.74, 6) is 2.84. The first-order chi connectivity index (χ1) is 14.0. The van der Waals surface area contributed by atoms with Crippen molar-refractivity contribution in [1.29, 1.82) is 0 Å². The highest BCUT2D eigenvalue weighted by molar-refractivity contribution is 5.80. The first kappa shape index (κ1) is 20.8. The van der Waals surface area contributed by atoms with Gasteiger partial charge in [-0.05, 0) is 49.4 Å². The van der Waals surface area contributed by atoms with Gasteiger partial charge in [0.15, 0.2) is 11.5 Å². The molecule has 1 amide bonds. The van der Waals surface area contributed by atoms with Gasteiger partial charge in [-0.15, -0.1) is 0 Å². The minimum absolute atomic E-state index is 0.0210. The Balaban J connectivity index is 1.55. The third kappa shape index (κ3) is 4.94. The number of aryl methyl sites for hydroxylation is 1. The number of benzene rings is 2. The van der Waals surface area contributed by atoms with Crippen LogP contribution in [0.15, 0.2) is 36.4 Å². The van der Waals surface area contributed by atoms with E-state index in [0.29, 0.717) is 18.8 Å². The predicted octanol–water partition coefficient (Wildman–Crippen LogP) is 3.40. The molecule has 0 radical (unpaired) electrons. The fourth-order valence-corrected chi connectivity index (χ4v) is 3.59. The Morgan fingerprint density at radius 2 is 1.93 bits per heavy atom. The highest BCUT2D eigenvalue weighted by atomic mass is 16.5. The summed E-state index contributed by atoms with van der Waals surface area (Å²) in [6, 6.07) is 11.6. The van der Waals surface area contributed by atoms with Crippen LogP contribution in [0.1, 0.15) is 24.5 Å². The van der Waals surface area contributed by atoms with E-state index in [1.54, 1.807) is 21.3 Å². The van der Waals surface area contributed by atoms with Gasteiger partial charge in [-0.25, -0.2) is 0 Å². The van der Waals surface area contributed by atoms with Crippen molar-refractivity contribution in [2.24, 2.45) is 5.92 Å². The first-order valence-electron chi connectivity index (χ1n) is 9.85. The lowest BCUT2D eigenvalue weighted by atomic mass is 9.95. The Morgan fingerprint density at radius 3 is 2.66 bits per heavy atom. The third-order valence-electron chi connectivity index (χ3n) is 5.28. The fourth-order valence-electron chi connectivity index (χ4n) is 3.59. The molecule has 1 aliphatic rings. The van der Waals surface area contributed by atoms with Crippen molar-refractivity contribution in [3.05, 3.63) is 47.5 Å². The number of nitrogens with one attached hydrogen (secondary N) is 1. The van der Waals surface area contributed by atoms with E-state index in [0.717, 1.165) is 41.2 Å². The number of ether oxygens (including phenoxy) is 4. The Bertz CT molecular complexity index is 851. The average molecular weight is 399 g/mol. The van der Waals surface area contributed by atoms with Gasteiger partial charge >= 0.3 is 0 Å². The molecule has 156 valence electrons. The van der Waals surface area contributed by atoms with E-state index in [1.165, 1.54) is 0 Å². The van der Waals surface area contributed by atoms with E-state index < -0.39 is 0 Å². The van der Waals surface area contributed by atoms with Crippen molar-refractivity contribution in [3.63, 3.8) is 0 Å². The van der Waals surface area contributed by atoms with Crippen molar-refractivity contribution in [2.45, 2.75) is 32.2 Å². The summed E-state index contributed by atoms with van der Waals surface area (Å²) in [5.41, 5.74) is 2.10. The molecule has 6 heteroatoms. The Labute approximate surface area is 172 Å². The van der Waals surface area contributed by atoms with E-state index >= 15 is 0 Å². The van der Waals surface area contributed by atoms with Gasteiger partial charge in [-0.2, -0.15) is 0 Å². The summed E-state index contributed by atoms with van der Waals surface area (Å²) in [7, 11) is 4.91. The van der Waals surface area contributed by atoms with Crippen LogP contribution in [0.25, 0.3) is 0 Å². The van der Waals surface area contributed by atoms with Crippen LogP contribution in [0.4, 0.5) is 0 Å². The molecule has 0 saturated carbocycles. The number of methoxy groups -OCH3 is 3. The van der Waals surface area contributed by atoms with Crippen LogP contribution in [0.3, 0.4) is 0 Å². The number of para-hydroxylation sites is 1. The monoisotopic (exact) mass is 399 g/mol. The highest BCUT2D eigenvalue weighted by Gasteiger charge is 2.28. The molecule has 1 heterocycles. The molecule has 1 N–H and O–H groups in total. The standard InChI is InChI=1S/C23H29NO5/c1-15(8-9-16-10-11-19(26-2)13-21(16)28-4)24-23(25)18-12-17-6-5-7-20(27-3)22(17)29-14-18/h5-7,10-11,13,15,18H,8-9,12,14H2,1-4H3,(H,24,25). The minimum Gasteiger partial charge on any atom is -0.497 e. The summed E-state index contributed by atoms with van der Waals surface area (Å²) >= 11 is 0. The zero-order valence-electron chi connectivity index (χ0n) is 17.5. The lowest BCUT2D eigenvalue weighted by Crippen LogP contribution is -2.41. The van der Waals surface area contributed by atoms with Gasteiger partial charge in [0.05, 0.1) is 27.2 Å². The Kier molecular flexibility index (Phi) is 6.86. The number of carbonyl (C=O) groups excluding carboxylic acids is 1. The van der Waals surface area contributed by atoms with Crippen molar-refractivity contribution in [1.82, 2.24) is 5.32 Å². The van der Waals surface area contributed by atoms with E-state index in [9.17, 15) is 4.79 Å². The van der Waals surface area contributed by atoms with Gasteiger partial charge in [0.2, 0.25) is 5.91 Å². The van der Waals surface area contributed by atoms with Gasteiger partial charge in [-0.1, -0.05) is 18.2 Å². The summed E-state index contributed by atoms with van der Waals surface area (Å²) in [6.07, 6.45) is 2.26. The van der Waals surface area contributed by atoms with Gasteiger partial charge in [0, 0.05) is 12.1 Å². The van der Waals surface area contributed by atoms with Gasteiger partial charge in [0.1, 0.15) is 18.1 Å².